The molecule has 0 aliphatic heterocycles. The number of imidazole rings is 1. The molecule has 0 aliphatic rings. The van der Waals surface area contributed by atoms with Gasteiger partial charge in [0, 0.05) is 22.7 Å². The first-order valence-electron chi connectivity index (χ1n) is 6.40. The summed E-state index contributed by atoms with van der Waals surface area (Å²) in [5.74, 6) is 2.44. The third-order valence-corrected chi connectivity index (χ3v) is 3.63. The lowest BCUT2D eigenvalue weighted by Crippen LogP contribution is -1.96. The third kappa shape index (κ3) is 2.85. The quantitative estimate of drug-likeness (QED) is 0.786. The fourth-order valence-corrected chi connectivity index (χ4v) is 2.54. The lowest BCUT2D eigenvalue weighted by Gasteiger charge is -2.09. The molecule has 0 fully saturated rings. The van der Waals surface area contributed by atoms with Crippen LogP contribution >= 0.6 is 15.9 Å². The lowest BCUT2D eigenvalue weighted by atomic mass is 10.1. The van der Waals surface area contributed by atoms with Gasteiger partial charge in [0.25, 0.3) is 0 Å². The van der Waals surface area contributed by atoms with Crippen LogP contribution in [0.2, 0.25) is 0 Å². The monoisotopic (exact) mass is 347 g/mol. The first kappa shape index (κ1) is 13.9. The Morgan fingerprint density at radius 1 is 1.19 bits per heavy atom. The van der Waals surface area contributed by atoms with Crippen molar-refractivity contribution < 1.29 is 9.47 Å². The molecule has 0 radical (unpaired) electrons. The van der Waals surface area contributed by atoms with E-state index in [0.29, 0.717) is 12.1 Å². The summed E-state index contributed by atoms with van der Waals surface area (Å²) in [6.07, 6.45) is 2.35. The zero-order valence-corrected chi connectivity index (χ0v) is 13.3. The summed E-state index contributed by atoms with van der Waals surface area (Å²) >= 11 is 3.40. The number of aromatic nitrogens is 3. The Hall–Kier alpha value is -2.08. The number of fused-ring (bicyclic) bond motifs is 1. The standard InChI is InChI=1S/C15H14BrN3O2/c1-20-11-3-4-13(21-2)9(5-11)6-14-18-12-7-10(16)8-17-15(12)19-14/h3-5,7-8H,6H2,1-2H3,(H,17,18,19). The Labute approximate surface area is 130 Å². The van der Waals surface area contributed by atoms with Crippen LogP contribution in [0.15, 0.2) is 34.9 Å². The number of methoxy groups -OCH3 is 2. The lowest BCUT2D eigenvalue weighted by molar-refractivity contribution is 0.399. The summed E-state index contributed by atoms with van der Waals surface area (Å²) in [7, 11) is 3.30. The second-order valence-corrected chi connectivity index (χ2v) is 5.48. The fraction of sp³-hybridized carbons (Fsp3) is 0.200. The van der Waals surface area contributed by atoms with Gasteiger partial charge >= 0.3 is 0 Å². The number of benzene rings is 1. The topological polar surface area (TPSA) is 60.0 Å². The van der Waals surface area contributed by atoms with Gasteiger partial charge in [-0.1, -0.05) is 0 Å². The Kier molecular flexibility index (Phi) is 3.79. The SMILES string of the molecule is COc1ccc(OC)c(Cc2nc3ncc(Br)cc3[nH]2)c1. The molecule has 6 heteroatoms. The van der Waals surface area contributed by atoms with E-state index in [-0.39, 0.29) is 0 Å². The minimum Gasteiger partial charge on any atom is -0.497 e. The molecule has 5 nitrogen and oxygen atoms in total. The molecule has 3 rings (SSSR count). The molecule has 0 amide bonds. The van der Waals surface area contributed by atoms with Gasteiger partial charge in [-0.05, 0) is 40.2 Å². The highest BCUT2D eigenvalue weighted by atomic mass is 79.9. The first-order valence-corrected chi connectivity index (χ1v) is 7.20. The van der Waals surface area contributed by atoms with Gasteiger partial charge in [-0.15, -0.1) is 0 Å². The molecule has 0 atom stereocenters. The highest BCUT2D eigenvalue weighted by Gasteiger charge is 2.10. The molecule has 0 spiro atoms. The highest BCUT2D eigenvalue weighted by Crippen LogP contribution is 2.26. The minimum atomic E-state index is 0.619. The average Bonchev–Trinajstić information content (AvgIpc) is 2.88. The fourth-order valence-electron chi connectivity index (χ4n) is 2.21. The van der Waals surface area contributed by atoms with Gasteiger partial charge < -0.3 is 14.5 Å². The summed E-state index contributed by atoms with van der Waals surface area (Å²) < 4.78 is 11.6. The van der Waals surface area contributed by atoms with Crippen molar-refractivity contribution in [1.82, 2.24) is 15.0 Å². The molecule has 21 heavy (non-hydrogen) atoms. The van der Waals surface area contributed by atoms with Crippen LogP contribution in [0.3, 0.4) is 0 Å². The Bertz CT molecular complexity index is 786. The van der Waals surface area contributed by atoms with Gasteiger partial charge in [0.1, 0.15) is 17.3 Å². The summed E-state index contributed by atoms with van der Waals surface area (Å²) in [6, 6.07) is 7.68. The smallest absolute Gasteiger partial charge is 0.177 e. The van der Waals surface area contributed by atoms with Crippen LogP contribution in [-0.2, 0) is 6.42 Å². The third-order valence-electron chi connectivity index (χ3n) is 3.20. The van der Waals surface area contributed by atoms with E-state index in [2.05, 4.69) is 30.9 Å². The molecule has 0 saturated heterocycles. The molecule has 2 heterocycles. The van der Waals surface area contributed by atoms with Crippen LogP contribution in [0.1, 0.15) is 11.4 Å². The van der Waals surface area contributed by atoms with Gasteiger partial charge in [0.2, 0.25) is 0 Å². The minimum absolute atomic E-state index is 0.619. The molecule has 0 aliphatic carbocycles. The van der Waals surface area contributed by atoms with E-state index in [1.54, 1.807) is 20.4 Å². The molecule has 1 aromatic carbocycles. The zero-order valence-electron chi connectivity index (χ0n) is 11.7. The van der Waals surface area contributed by atoms with E-state index in [9.17, 15) is 0 Å². The van der Waals surface area contributed by atoms with Crippen LogP contribution in [-0.4, -0.2) is 29.2 Å². The average molecular weight is 348 g/mol. The molecule has 0 saturated carbocycles. The second-order valence-electron chi connectivity index (χ2n) is 4.56. The number of H-pyrrole nitrogens is 1. The van der Waals surface area contributed by atoms with E-state index >= 15 is 0 Å². The summed E-state index contributed by atoms with van der Waals surface area (Å²) in [5.41, 5.74) is 2.62. The van der Waals surface area contributed by atoms with Crippen LogP contribution in [0, 0.1) is 0 Å². The maximum absolute atomic E-state index is 5.39. The van der Waals surface area contributed by atoms with Gasteiger partial charge in [-0.25, -0.2) is 9.97 Å². The van der Waals surface area contributed by atoms with Crippen molar-refractivity contribution >= 4 is 27.1 Å². The van der Waals surface area contributed by atoms with Crippen molar-refractivity contribution in [2.75, 3.05) is 14.2 Å². The van der Waals surface area contributed by atoms with Crippen LogP contribution < -0.4 is 9.47 Å². The van der Waals surface area contributed by atoms with Crippen molar-refractivity contribution in [1.29, 1.82) is 0 Å². The Morgan fingerprint density at radius 3 is 2.81 bits per heavy atom. The number of nitrogens with one attached hydrogen (secondary N) is 1. The Balaban J connectivity index is 1.97. The van der Waals surface area contributed by atoms with Gasteiger partial charge in [0.15, 0.2) is 5.65 Å². The van der Waals surface area contributed by atoms with E-state index in [4.69, 9.17) is 9.47 Å². The van der Waals surface area contributed by atoms with E-state index < -0.39 is 0 Å². The molecule has 2 aromatic heterocycles. The number of rotatable bonds is 4. The van der Waals surface area contributed by atoms with Gasteiger partial charge in [-0.2, -0.15) is 0 Å². The van der Waals surface area contributed by atoms with Gasteiger partial charge in [0.05, 0.1) is 19.7 Å². The summed E-state index contributed by atoms with van der Waals surface area (Å²) in [6.45, 7) is 0. The predicted molar refractivity (Wildman–Crippen MR) is 83.9 cm³/mol. The number of ether oxygens (including phenoxy) is 2. The van der Waals surface area contributed by atoms with E-state index in [1.807, 2.05) is 24.3 Å². The molecule has 0 unspecified atom stereocenters. The number of hydrogen-bond donors (Lipinski definition) is 1. The van der Waals surface area contributed by atoms with Crippen LogP contribution in [0.25, 0.3) is 11.2 Å². The summed E-state index contributed by atoms with van der Waals surface area (Å²) in [5, 5.41) is 0. The predicted octanol–water partition coefficient (Wildman–Crippen LogP) is 3.33. The number of pyridine rings is 1. The maximum Gasteiger partial charge on any atom is 0.177 e. The highest BCUT2D eigenvalue weighted by molar-refractivity contribution is 9.10. The van der Waals surface area contributed by atoms with Crippen molar-refractivity contribution in [3.63, 3.8) is 0 Å². The van der Waals surface area contributed by atoms with Crippen molar-refractivity contribution in [2.45, 2.75) is 6.42 Å². The largest absolute Gasteiger partial charge is 0.497 e. The van der Waals surface area contributed by atoms with Gasteiger partial charge in [-0.3, -0.25) is 0 Å². The molecule has 108 valence electrons. The van der Waals surface area contributed by atoms with Crippen molar-refractivity contribution in [3.05, 3.63) is 46.3 Å². The normalized spacial score (nSPS) is 10.8. The molecule has 1 N–H and O–H groups in total. The molecular formula is C15H14BrN3O2. The first-order chi connectivity index (χ1) is 10.2. The van der Waals surface area contributed by atoms with E-state index in [1.165, 1.54) is 0 Å². The Morgan fingerprint density at radius 2 is 2.05 bits per heavy atom. The maximum atomic E-state index is 5.39. The van der Waals surface area contributed by atoms with E-state index in [0.717, 1.165) is 32.9 Å². The summed E-state index contributed by atoms with van der Waals surface area (Å²) in [4.78, 5) is 12.0. The molecule has 0 bridgehead atoms. The molecular weight excluding hydrogens is 334 g/mol. The number of aromatic amines is 1. The second kappa shape index (κ2) is 5.73. The van der Waals surface area contributed by atoms with Crippen molar-refractivity contribution in [2.24, 2.45) is 0 Å². The van der Waals surface area contributed by atoms with Crippen LogP contribution in [0.4, 0.5) is 0 Å². The number of hydrogen-bond acceptors (Lipinski definition) is 4. The number of halogens is 1. The zero-order chi connectivity index (χ0) is 14.8. The van der Waals surface area contributed by atoms with Crippen LogP contribution in [0.5, 0.6) is 11.5 Å². The van der Waals surface area contributed by atoms with Crippen molar-refractivity contribution in [3.8, 4) is 11.5 Å². The molecule has 3 aromatic rings. The number of nitrogens with zero attached hydrogens (tertiary/aromatic N) is 2.